The fourth-order valence-electron chi connectivity index (χ4n) is 2.97. The highest BCUT2D eigenvalue weighted by atomic mass is 79.9. The molecule has 0 aliphatic heterocycles. The summed E-state index contributed by atoms with van der Waals surface area (Å²) in [5.41, 5.74) is 2.61. The molecule has 0 saturated carbocycles. The van der Waals surface area contributed by atoms with E-state index < -0.39 is 5.82 Å². The van der Waals surface area contributed by atoms with Crippen LogP contribution in [0.2, 0.25) is 5.02 Å². The van der Waals surface area contributed by atoms with E-state index in [1.165, 1.54) is 6.07 Å². The van der Waals surface area contributed by atoms with Crippen molar-refractivity contribution in [3.05, 3.63) is 68.8 Å². The van der Waals surface area contributed by atoms with Crippen molar-refractivity contribution in [3.63, 3.8) is 0 Å². The molecule has 1 aromatic carbocycles. The molecule has 0 fully saturated rings. The number of aromatic nitrogens is 2. The Morgan fingerprint density at radius 1 is 1.36 bits per heavy atom. The highest BCUT2D eigenvalue weighted by Crippen LogP contribution is 2.39. The minimum absolute atomic E-state index is 0.0276. The Labute approximate surface area is 138 Å². The zero-order valence-corrected chi connectivity index (χ0v) is 13.5. The van der Waals surface area contributed by atoms with Gasteiger partial charge in [-0.05, 0) is 33.6 Å². The smallest absolute Gasteiger partial charge is 0.184 e. The molecule has 0 radical (unpaired) electrons. The molecule has 1 atom stereocenters. The molecule has 2 heterocycles. The molecular weight excluding hydrogens is 371 g/mol. The molecule has 3 nitrogen and oxygen atoms in total. The SMILES string of the molecule is O=C1CC(c2cccc(Cl)c2)c2c1nc1cc(F)c(Br)cn21. The summed E-state index contributed by atoms with van der Waals surface area (Å²) in [6.07, 6.45) is 1.97. The van der Waals surface area contributed by atoms with E-state index >= 15 is 0 Å². The van der Waals surface area contributed by atoms with Crippen molar-refractivity contribution in [2.45, 2.75) is 12.3 Å². The third-order valence-corrected chi connectivity index (χ3v) is 4.76. The third kappa shape index (κ3) is 2.00. The molecule has 0 saturated heterocycles. The molecule has 1 unspecified atom stereocenters. The molecule has 0 bridgehead atoms. The Bertz CT molecular complexity index is 937. The maximum Gasteiger partial charge on any atom is 0.184 e. The second-order valence-corrected chi connectivity index (χ2v) is 6.57. The van der Waals surface area contributed by atoms with Crippen molar-refractivity contribution in [2.24, 2.45) is 0 Å². The summed E-state index contributed by atoms with van der Waals surface area (Å²) in [4.78, 5) is 16.6. The van der Waals surface area contributed by atoms with Crippen LogP contribution in [0, 0.1) is 5.82 Å². The van der Waals surface area contributed by atoms with Crippen molar-refractivity contribution in [1.82, 2.24) is 9.38 Å². The van der Waals surface area contributed by atoms with Gasteiger partial charge in [0.05, 0.1) is 10.2 Å². The molecule has 0 spiro atoms. The second kappa shape index (κ2) is 4.89. The largest absolute Gasteiger partial charge is 0.301 e. The normalized spacial score (nSPS) is 17.2. The molecule has 4 rings (SSSR count). The van der Waals surface area contributed by atoms with E-state index in [-0.39, 0.29) is 11.7 Å². The molecule has 22 heavy (non-hydrogen) atoms. The predicted molar refractivity (Wildman–Crippen MR) is 85.1 cm³/mol. The number of Topliss-reactive ketones (excluding diaryl/α,β-unsaturated/α-hetero) is 1. The Morgan fingerprint density at radius 2 is 2.18 bits per heavy atom. The molecule has 1 aliphatic carbocycles. The summed E-state index contributed by atoms with van der Waals surface area (Å²) < 4.78 is 15.8. The van der Waals surface area contributed by atoms with E-state index in [0.717, 1.165) is 11.3 Å². The summed E-state index contributed by atoms with van der Waals surface area (Å²) in [5, 5.41) is 0.624. The van der Waals surface area contributed by atoms with Crippen LogP contribution in [-0.2, 0) is 0 Å². The van der Waals surface area contributed by atoms with Crippen LogP contribution < -0.4 is 0 Å². The van der Waals surface area contributed by atoms with Gasteiger partial charge in [-0.2, -0.15) is 0 Å². The van der Waals surface area contributed by atoms with Crippen LogP contribution in [-0.4, -0.2) is 15.2 Å². The van der Waals surface area contributed by atoms with Gasteiger partial charge < -0.3 is 4.40 Å². The zero-order valence-electron chi connectivity index (χ0n) is 11.2. The van der Waals surface area contributed by atoms with Crippen LogP contribution in [0.4, 0.5) is 4.39 Å². The van der Waals surface area contributed by atoms with Gasteiger partial charge in [-0.3, -0.25) is 4.79 Å². The molecule has 110 valence electrons. The van der Waals surface area contributed by atoms with Crippen LogP contribution in [0.25, 0.3) is 5.65 Å². The van der Waals surface area contributed by atoms with E-state index in [9.17, 15) is 9.18 Å². The summed E-state index contributed by atoms with van der Waals surface area (Å²) in [6.45, 7) is 0. The minimum atomic E-state index is -0.400. The van der Waals surface area contributed by atoms with Crippen LogP contribution in [0.15, 0.2) is 41.0 Å². The van der Waals surface area contributed by atoms with E-state index in [1.807, 2.05) is 18.2 Å². The van der Waals surface area contributed by atoms with Crippen molar-refractivity contribution in [2.75, 3.05) is 0 Å². The number of hydrogen-bond acceptors (Lipinski definition) is 2. The maximum absolute atomic E-state index is 13.7. The van der Waals surface area contributed by atoms with Gasteiger partial charge in [0, 0.05) is 29.6 Å². The van der Waals surface area contributed by atoms with Gasteiger partial charge in [-0.25, -0.2) is 9.37 Å². The lowest BCUT2D eigenvalue weighted by Gasteiger charge is -2.12. The van der Waals surface area contributed by atoms with Gasteiger partial charge in [0.25, 0.3) is 0 Å². The van der Waals surface area contributed by atoms with Crippen molar-refractivity contribution in [1.29, 1.82) is 0 Å². The van der Waals surface area contributed by atoms with Crippen LogP contribution in [0.3, 0.4) is 0 Å². The summed E-state index contributed by atoms with van der Waals surface area (Å²) in [6, 6.07) is 8.77. The van der Waals surface area contributed by atoms with E-state index in [2.05, 4.69) is 20.9 Å². The first-order valence-electron chi connectivity index (χ1n) is 6.70. The van der Waals surface area contributed by atoms with Crippen LogP contribution >= 0.6 is 27.5 Å². The first kappa shape index (κ1) is 13.9. The number of nitrogens with zero attached hydrogens (tertiary/aromatic N) is 2. The average molecular weight is 380 g/mol. The Hall–Kier alpha value is -1.72. The number of carbonyl (C=O) groups is 1. The number of benzene rings is 1. The van der Waals surface area contributed by atoms with E-state index in [1.54, 1.807) is 16.7 Å². The number of pyridine rings is 1. The van der Waals surface area contributed by atoms with Crippen molar-refractivity contribution in [3.8, 4) is 0 Å². The number of ketones is 1. The van der Waals surface area contributed by atoms with Gasteiger partial charge in [-0.15, -0.1) is 0 Å². The summed E-state index contributed by atoms with van der Waals surface area (Å²) in [7, 11) is 0. The monoisotopic (exact) mass is 378 g/mol. The van der Waals surface area contributed by atoms with Gasteiger partial charge >= 0.3 is 0 Å². The summed E-state index contributed by atoms with van der Waals surface area (Å²) >= 11 is 9.24. The zero-order chi connectivity index (χ0) is 15.4. The maximum atomic E-state index is 13.7. The molecule has 6 heteroatoms. The number of imidazole rings is 1. The molecular formula is C16H9BrClFN2O. The topological polar surface area (TPSA) is 34.4 Å². The van der Waals surface area contributed by atoms with Crippen molar-refractivity contribution < 1.29 is 9.18 Å². The second-order valence-electron chi connectivity index (χ2n) is 5.28. The van der Waals surface area contributed by atoms with Gasteiger partial charge in [0.15, 0.2) is 5.78 Å². The van der Waals surface area contributed by atoms with Crippen molar-refractivity contribution >= 4 is 39.0 Å². The Balaban J connectivity index is 1.98. The fourth-order valence-corrected chi connectivity index (χ4v) is 3.49. The molecule has 0 N–H and O–H groups in total. The number of halogens is 3. The molecule has 2 aromatic heterocycles. The number of carbonyl (C=O) groups excluding carboxylic acids is 1. The van der Waals surface area contributed by atoms with Crippen LogP contribution in [0.5, 0.6) is 0 Å². The minimum Gasteiger partial charge on any atom is -0.301 e. The van der Waals surface area contributed by atoms with E-state index in [4.69, 9.17) is 11.6 Å². The van der Waals surface area contributed by atoms with Gasteiger partial charge in [-0.1, -0.05) is 23.7 Å². The highest BCUT2D eigenvalue weighted by molar-refractivity contribution is 9.10. The van der Waals surface area contributed by atoms with E-state index in [0.29, 0.717) is 27.3 Å². The first-order chi connectivity index (χ1) is 10.5. The standard InChI is InChI=1S/C16H9BrClFN2O/c17-11-7-21-14(6-12(11)19)20-15-13(22)5-10(16(15)21)8-2-1-3-9(18)4-8/h1-4,6-7,10H,5H2. The molecule has 0 amide bonds. The Kier molecular flexibility index (Phi) is 3.09. The third-order valence-electron chi connectivity index (χ3n) is 3.94. The Morgan fingerprint density at radius 3 is 2.95 bits per heavy atom. The molecule has 1 aliphatic rings. The predicted octanol–water partition coefficient (Wildman–Crippen LogP) is 4.61. The lowest BCUT2D eigenvalue weighted by atomic mass is 9.97. The molecule has 3 aromatic rings. The quantitative estimate of drug-likeness (QED) is 0.619. The van der Waals surface area contributed by atoms with Gasteiger partial charge in [0.2, 0.25) is 0 Å². The number of hydrogen-bond donors (Lipinski definition) is 0. The van der Waals surface area contributed by atoms with Crippen LogP contribution in [0.1, 0.15) is 34.1 Å². The lowest BCUT2D eigenvalue weighted by Crippen LogP contribution is -2.02. The van der Waals surface area contributed by atoms with Gasteiger partial charge in [0.1, 0.15) is 17.2 Å². The summed E-state index contributed by atoms with van der Waals surface area (Å²) in [5.74, 6) is -0.545. The fraction of sp³-hybridized carbons (Fsp3) is 0.125. The first-order valence-corrected chi connectivity index (χ1v) is 7.87. The highest BCUT2D eigenvalue weighted by Gasteiger charge is 2.35. The number of rotatable bonds is 1. The number of fused-ring (bicyclic) bond motifs is 3. The lowest BCUT2D eigenvalue weighted by molar-refractivity contribution is 0.0987. The average Bonchev–Trinajstić information content (AvgIpc) is 2.98.